The molecule has 3 amide bonds. The molecule has 2 N–H and O–H groups in total. The minimum absolute atomic E-state index is 0.0751. The molecule has 198 valence electrons. The molecule has 0 bridgehead atoms. The zero-order valence-corrected chi connectivity index (χ0v) is 21.4. The average molecular weight is 540 g/mol. The van der Waals surface area contributed by atoms with E-state index >= 15 is 0 Å². The van der Waals surface area contributed by atoms with Gasteiger partial charge in [-0.2, -0.15) is 0 Å². The van der Waals surface area contributed by atoms with Crippen LogP contribution >= 0.6 is 11.3 Å². The number of hydrogen-bond acceptors (Lipinski definition) is 8. The maximum Gasteiger partial charge on any atom is 0.286 e. The van der Waals surface area contributed by atoms with E-state index in [1.807, 2.05) is 6.92 Å². The van der Waals surface area contributed by atoms with E-state index < -0.39 is 5.91 Å². The van der Waals surface area contributed by atoms with Gasteiger partial charge in [0.05, 0.1) is 6.04 Å². The molecule has 1 fully saturated rings. The van der Waals surface area contributed by atoms with Crippen molar-refractivity contribution in [3.8, 4) is 11.5 Å². The molecule has 3 aromatic rings. The zero-order chi connectivity index (χ0) is 26.6. The molecule has 3 heterocycles. The first-order valence-electron chi connectivity index (χ1n) is 12.2. The average Bonchev–Trinajstić information content (AvgIpc) is 3.59. The van der Waals surface area contributed by atoms with Crippen LogP contribution in [0.25, 0.3) is 0 Å². The lowest BCUT2D eigenvalue weighted by atomic mass is 9.93. The summed E-state index contributed by atoms with van der Waals surface area (Å²) in [5, 5.41) is 13.7. The van der Waals surface area contributed by atoms with E-state index in [0.29, 0.717) is 49.5 Å². The molecular formula is C26H26FN5O5S. The van der Waals surface area contributed by atoms with Crippen molar-refractivity contribution >= 4 is 34.7 Å². The van der Waals surface area contributed by atoms with Crippen molar-refractivity contribution in [3.63, 3.8) is 0 Å². The second-order valence-corrected chi connectivity index (χ2v) is 10.2. The highest BCUT2D eigenvalue weighted by molar-refractivity contribution is 7.15. The molecule has 0 saturated carbocycles. The first-order chi connectivity index (χ1) is 18.4. The van der Waals surface area contributed by atoms with E-state index in [9.17, 15) is 18.8 Å². The topological polar surface area (TPSA) is 123 Å². The van der Waals surface area contributed by atoms with Gasteiger partial charge in [0.2, 0.25) is 22.7 Å². The SMILES string of the molecule is C[C@H](NC(=O)CC1CCN(C(=O)c2nnc(C(=O)Nc3ccc4c(c3)OCO4)s2)CC1)c1ccc(F)cc1. The van der Waals surface area contributed by atoms with Gasteiger partial charge >= 0.3 is 0 Å². The van der Waals surface area contributed by atoms with Crippen molar-refractivity contribution in [2.45, 2.75) is 32.2 Å². The fourth-order valence-corrected chi connectivity index (χ4v) is 5.14. The first kappa shape index (κ1) is 25.6. The number of amides is 3. The highest BCUT2D eigenvalue weighted by Gasteiger charge is 2.28. The Hall–Kier alpha value is -4.06. The molecule has 1 aromatic heterocycles. The van der Waals surface area contributed by atoms with E-state index in [0.717, 1.165) is 16.9 Å². The number of benzene rings is 2. The normalized spacial score (nSPS) is 15.7. The number of likely N-dealkylation sites (tertiary alicyclic amines) is 1. The van der Waals surface area contributed by atoms with Gasteiger partial charge in [-0.3, -0.25) is 14.4 Å². The summed E-state index contributed by atoms with van der Waals surface area (Å²) in [6.45, 7) is 2.97. The smallest absolute Gasteiger partial charge is 0.286 e. The summed E-state index contributed by atoms with van der Waals surface area (Å²) in [4.78, 5) is 39.7. The third kappa shape index (κ3) is 5.91. The molecule has 0 aliphatic carbocycles. The second-order valence-electron chi connectivity index (χ2n) is 9.21. The van der Waals surface area contributed by atoms with Crippen molar-refractivity contribution in [2.75, 3.05) is 25.2 Å². The van der Waals surface area contributed by atoms with Crippen LogP contribution in [0.15, 0.2) is 42.5 Å². The predicted octanol–water partition coefficient (Wildman–Crippen LogP) is 3.78. The predicted molar refractivity (Wildman–Crippen MR) is 137 cm³/mol. The van der Waals surface area contributed by atoms with E-state index in [1.165, 1.54) is 12.1 Å². The maximum atomic E-state index is 13.1. The molecule has 5 rings (SSSR count). The molecule has 2 aromatic carbocycles. The van der Waals surface area contributed by atoms with Crippen molar-refractivity contribution in [1.82, 2.24) is 20.4 Å². The van der Waals surface area contributed by atoms with Gasteiger partial charge < -0.3 is 25.0 Å². The number of anilines is 1. The Morgan fingerprint density at radius 3 is 2.53 bits per heavy atom. The third-order valence-corrected chi connectivity index (χ3v) is 7.47. The molecule has 1 saturated heterocycles. The van der Waals surface area contributed by atoms with Crippen molar-refractivity contribution < 1.29 is 28.2 Å². The summed E-state index contributed by atoms with van der Waals surface area (Å²) in [5.41, 5.74) is 1.35. The molecule has 2 aliphatic rings. The Kier molecular flexibility index (Phi) is 7.50. The quantitative estimate of drug-likeness (QED) is 0.469. The highest BCUT2D eigenvalue weighted by Crippen LogP contribution is 2.34. The van der Waals surface area contributed by atoms with Crippen LogP contribution in [-0.2, 0) is 4.79 Å². The van der Waals surface area contributed by atoms with E-state index in [2.05, 4.69) is 20.8 Å². The van der Waals surface area contributed by atoms with Crippen molar-refractivity contribution in [3.05, 3.63) is 63.9 Å². The monoisotopic (exact) mass is 539 g/mol. The number of aromatic nitrogens is 2. The number of nitrogens with one attached hydrogen (secondary N) is 2. The van der Waals surface area contributed by atoms with E-state index in [1.54, 1.807) is 35.2 Å². The summed E-state index contributed by atoms with van der Waals surface area (Å²) in [6, 6.07) is 10.9. The molecule has 0 unspecified atom stereocenters. The second kappa shape index (κ2) is 11.1. The number of rotatable bonds is 7. The van der Waals surface area contributed by atoms with Gasteiger partial charge in [0.15, 0.2) is 11.5 Å². The molecule has 1 atom stereocenters. The van der Waals surface area contributed by atoms with Gasteiger partial charge in [-0.25, -0.2) is 4.39 Å². The summed E-state index contributed by atoms with van der Waals surface area (Å²) < 4.78 is 23.7. The van der Waals surface area contributed by atoms with Gasteiger partial charge in [0.25, 0.3) is 11.8 Å². The largest absolute Gasteiger partial charge is 0.454 e. The van der Waals surface area contributed by atoms with Crippen LogP contribution in [0.1, 0.15) is 57.4 Å². The Bertz CT molecular complexity index is 1340. The van der Waals surface area contributed by atoms with Crippen LogP contribution in [0.2, 0.25) is 0 Å². The lowest BCUT2D eigenvalue weighted by Crippen LogP contribution is -2.39. The Morgan fingerprint density at radius 2 is 1.76 bits per heavy atom. The van der Waals surface area contributed by atoms with Gasteiger partial charge in [-0.05, 0) is 55.5 Å². The van der Waals surface area contributed by atoms with Gasteiger partial charge in [-0.1, -0.05) is 23.5 Å². The fraction of sp³-hybridized carbons (Fsp3) is 0.346. The summed E-state index contributed by atoms with van der Waals surface area (Å²) in [7, 11) is 0. The number of fused-ring (bicyclic) bond motifs is 1. The molecule has 2 aliphatic heterocycles. The number of piperidine rings is 1. The van der Waals surface area contributed by atoms with Crippen LogP contribution < -0.4 is 20.1 Å². The number of ether oxygens (including phenoxy) is 2. The Labute approximate surface area is 222 Å². The van der Waals surface area contributed by atoms with Crippen molar-refractivity contribution in [1.29, 1.82) is 0 Å². The fourth-order valence-electron chi connectivity index (χ4n) is 4.43. The lowest BCUT2D eigenvalue weighted by molar-refractivity contribution is -0.122. The van der Waals surface area contributed by atoms with Crippen LogP contribution in [0.4, 0.5) is 10.1 Å². The molecule has 12 heteroatoms. The minimum atomic E-state index is -0.472. The first-order valence-corrected chi connectivity index (χ1v) is 13.1. The number of nitrogens with zero attached hydrogens (tertiary/aromatic N) is 3. The molecule has 0 spiro atoms. The summed E-state index contributed by atoms with van der Waals surface area (Å²) >= 11 is 0.935. The molecule has 10 nitrogen and oxygen atoms in total. The number of halogens is 1. The number of carbonyl (C=O) groups is 3. The van der Waals surface area contributed by atoms with Gasteiger partial charge in [0.1, 0.15) is 5.82 Å². The minimum Gasteiger partial charge on any atom is -0.454 e. The Morgan fingerprint density at radius 1 is 1.05 bits per heavy atom. The zero-order valence-electron chi connectivity index (χ0n) is 20.6. The Balaban J connectivity index is 1.09. The van der Waals surface area contributed by atoms with Gasteiger partial charge in [0, 0.05) is 31.3 Å². The summed E-state index contributed by atoms with van der Waals surface area (Å²) in [5.74, 6) is 0.154. The summed E-state index contributed by atoms with van der Waals surface area (Å²) in [6.07, 6.45) is 1.72. The standard InChI is InChI=1S/C26H26FN5O5S/c1-15(17-2-4-18(27)5-3-17)28-22(33)12-16-8-10-32(11-9-16)26(35)25-31-30-24(38-25)23(34)29-19-6-7-20-21(13-19)37-14-36-20/h2-7,13,15-16H,8-12,14H2,1H3,(H,28,33)(H,29,34)/t15-/m0/s1. The number of carbonyl (C=O) groups excluding carboxylic acids is 3. The number of hydrogen-bond donors (Lipinski definition) is 2. The third-order valence-electron chi connectivity index (χ3n) is 6.56. The molecular weight excluding hydrogens is 513 g/mol. The van der Waals surface area contributed by atoms with E-state index in [4.69, 9.17) is 9.47 Å². The maximum absolute atomic E-state index is 13.1. The molecule has 0 radical (unpaired) electrons. The van der Waals surface area contributed by atoms with Crippen molar-refractivity contribution in [2.24, 2.45) is 5.92 Å². The van der Waals surface area contributed by atoms with Gasteiger partial charge in [-0.15, -0.1) is 10.2 Å². The van der Waals surface area contributed by atoms with Crippen LogP contribution in [-0.4, -0.2) is 52.7 Å². The highest BCUT2D eigenvalue weighted by atomic mass is 32.1. The molecule has 38 heavy (non-hydrogen) atoms. The van der Waals surface area contributed by atoms with Crippen LogP contribution in [0, 0.1) is 11.7 Å². The van der Waals surface area contributed by atoms with Crippen LogP contribution in [0.5, 0.6) is 11.5 Å². The van der Waals surface area contributed by atoms with Crippen LogP contribution in [0.3, 0.4) is 0 Å². The van der Waals surface area contributed by atoms with E-state index in [-0.39, 0.29) is 46.4 Å². The lowest BCUT2D eigenvalue weighted by Gasteiger charge is -2.31.